The molecule has 0 aromatic heterocycles. The van der Waals surface area contributed by atoms with Crippen LogP contribution < -0.4 is 5.32 Å². The number of hydrogen-bond acceptors (Lipinski definition) is 4. The monoisotopic (exact) mass is 228 g/mol. The van der Waals surface area contributed by atoms with Crippen LogP contribution in [0, 0.1) is 0 Å². The third-order valence-electron chi connectivity index (χ3n) is 2.69. The van der Waals surface area contributed by atoms with Crippen LogP contribution >= 0.6 is 0 Å². The van der Waals surface area contributed by atoms with Gasteiger partial charge in [0.05, 0.1) is 13.2 Å². The maximum absolute atomic E-state index is 8.95. The quantitative estimate of drug-likeness (QED) is 0.526. The number of aliphatic hydroxyl groups is 1. The molecule has 0 unspecified atom stereocenters. The standard InChI is InChI=1S/C12H24N2O2/c1-11(9-13-12-3-4-12)10-14(5-7-15)6-8-16-2/h12-13,15H,1,3-10H2,2H3. The van der Waals surface area contributed by atoms with Gasteiger partial charge in [-0.15, -0.1) is 0 Å². The highest BCUT2D eigenvalue weighted by molar-refractivity contribution is 5.01. The van der Waals surface area contributed by atoms with E-state index in [1.165, 1.54) is 18.4 Å². The molecule has 2 N–H and O–H groups in total. The summed E-state index contributed by atoms with van der Waals surface area (Å²) in [4.78, 5) is 2.17. The Bertz CT molecular complexity index is 205. The van der Waals surface area contributed by atoms with Crippen molar-refractivity contribution in [1.82, 2.24) is 10.2 Å². The molecule has 0 aromatic rings. The van der Waals surface area contributed by atoms with Crippen molar-refractivity contribution < 1.29 is 9.84 Å². The maximum Gasteiger partial charge on any atom is 0.0589 e. The Kier molecular flexibility index (Phi) is 6.64. The normalized spacial score (nSPS) is 15.7. The zero-order valence-electron chi connectivity index (χ0n) is 10.2. The summed E-state index contributed by atoms with van der Waals surface area (Å²) in [5, 5.41) is 12.4. The van der Waals surface area contributed by atoms with E-state index < -0.39 is 0 Å². The number of nitrogens with one attached hydrogen (secondary N) is 1. The first kappa shape index (κ1) is 13.6. The van der Waals surface area contributed by atoms with Crippen molar-refractivity contribution in [3.63, 3.8) is 0 Å². The second-order valence-corrected chi connectivity index (χ2v) is 4.40. The molecule has 0 spiro atoms. The highest BCUT2D eigenvalue weighted by atomic mass is 16.5. The molecule has 0 atom stereocenters. The van der Waals surface area contributed by atoms with Gasteiger partial charge in [-0.25, -0.2) is 0 Å². The molecule has 1 aliphatic carbocycles. The van der Waals surface area contributed by atoms with Gasteiger partial charge in [0.2, 0.25) is 0 Å². The predicted octanol–water partition coefficient (Wildman–Crippen LogP) is 0.235. The molecule has 0 heterocycles. The van der Waals surface area contributed by atoms with Gasteiger partial charge in [0, 0.05) is 39.3 Å². The van der Waals surface area contributed by atoms with Crippen molar-refractivity contribution in [2.45, 2.75) is 18.9 Å². The van der Waals surface area contributed by atoms with Crippen molar-refractivity contribution >= 4 is 0 Å². The van der Waals surface area contributed by atoms with Crippen LogP contribution in [0.4, 0.5) is 0 Å². The van der Waals surface area contributed by atoms with E-state index in [1.807, 2.05) is 0 Å². The van der Waals surface area contributed by atoms with Crippen molar-refractivity contribution in [3.05, 3.63) is 12.2 Å². The van der Waals surface area contributed by atoms with Gasteiger partial charge in [-0.1, -0.05) is 6.58 Å². The third-order valence-corrected chi connectivity index (χ3v) is 2.69. The van der Waals surface area contributed by atoms with Crippen LogP contribution in [-0.4, -0.2) is 62.6 Å². The van der Waals surface area contributed by atoms with E-state index >= 15 is 0 Å². The zero-order chi connectivity index (χ0) is 11.8. The summed E-state index contributed by atoms with van der Waals surface area (Å²) in [5.74, 6) is 0. The topological polar surface area (TPSA) is 44.7 Å². The lowest BCUT2D eigenvalue weighted by Crippen LogP contribution is -2.34. The number of rotatable bonds is 10. The highest BCUT2D eigenvalue weighted by Gasteiger charge is 2.20. The molecule has 4 heteroatoms. The van der Waals surface area contributed by atoms with Crippen LogP contribution in [0.15, 0.2) is 12.2 Å². The first-order valence-corrected chi connectivity index (χ1v) is 5.98. The molecule has 0 radical (unpaired) electrons. The molecular formula is C12H24N2O2. The molecule has 1 saturated carbocycles. The molecule has 0 aromatic carbocycles. The summed E-state index contributed by atoms with van der Waals surface area (Å²) >= 11 is 0. The van der Waals surface area contributed by atoms with Crippen LogP contribution in [0.2, 0.25) is 0 Å². The van der Waals surface area contributed by atoms with Gasteiger partial charge < -0.3 is 15.2 Å². The molecule has 0 amide bonds. The number of aliphatic hydroxyl groups excluding tert-OH is 1. The third kappa shape index (κ3) is 6.23. The Hall–Kier alpha value is -0.420. The maximum atomic E-state index is 8.95. The van der Waals surface area contributed by atoms with Gasteiger partial charge in [0.15, 0.2) is 0 Å². The SMILES string of the molecule is C=C(CNC1CC1)CN(CCO)CCOC. The Morgan fingerprint density at radius 1 is 1.50 bits per heavy atom. The summed E-state index contributed by atoms with van der Waals surface area (Å²) in [5.41, 5.74) is 1.18. The molecule has 0 bridgehead atoms. The molecule has 4 nitrogen and oxygen atoms in total. The predicted molar refractivity (Wildman–Crippen MR) is 65.6 cm³/mol. The molecule has 0 aliphatic heterocycles. The van der Waals surface area contributed by atoms with Gasteiger partial charge >= 0.3 is 0 Å². The zero-order valence-corrected chi connectivity index (χ0v) is 10.2. The fourth-order valence-corrected chi connectivity index (χ4v) is 1.58. The summed E-state index contributed by atoms with van der Waals surface area (Å²) in [6.45, 7) is 8.20. The van der Waals surface area contributed by atoms with E-state index in [4.69, 9.17) is 9.84 Å². The molecule has 1 aliphatic rings. The van der Waals surface area contributed by atoms with Crippen LogP contribution in [0.25, 0.3) is 0 Å². The van der Waals surface area contributed by atoms with E-state index in [0.29, 0.717) is 13.2 Å². The van der Waals surface area contributed by atoms with E-state index in [2.05, 4.69) is 16.8 Å². The molecule has 16 heavy (non-hydrogen) atoms. The molecular weight excluding hydrogens is 204 g/mol. The van der Waals surface area contributed by atoms with Crippen LogP contribution in [0.5, 0.6) is 0 Å². The van der Waals surface area contributed by atoms with Crippen molar-refractivity contribution in [3.8, 4) is 0 Å². The molecule has 1 fully saturated rings. The first-order chi connectivity index (χ1) is 7.76. The fourth-order valence-electron chi connectivity index (χ4n) is 1.58. The Morgan fingerprint density at radius 2 is 2.25 bits per heavy atom. The number of hydrogen-bond donors (Lipinski definition) is 2. The minimum absolute atomic E-state index is 0.188. The van der Waals surface area contributed by atoms with Gasteiger partial charge in [0.25, 0.3) is 0 Å². The average Bonchev–Trinajstić information content (AvgIpc) is 3.07. The average molecular weight is 228 g/mol. The van der Waals surface area contributed by atoms with Gasteiger partial charge in [0.1, 0.15) is 0 Å². The second-order valence-electron chi connectivity index (χ2n) is 4.40. The van der Waals surface area contributed by atoms with Crippen LogP contribution in [0.1, 0.15) is 12.8 Å². The molecule has 1 rings (SSSR count). The highest BCUT2D eigenvalue weighted by Crippen LogP contribution is 2.18. The van der Waals surface area contributed by atoms with E-state index in [1.54, 1.807) is 7.11 Å². The lowest BCUT2D eigenvalue weighted by molar-refractivity contribution is 0.136. The van der Waals surface area contributed by atoms with Crippen LogP contribution in [-0.2, 0) is 4.74 Å². The van der Waals surface area contributed by atoms with Crippen molar-refractivity contribution in [2.24, 2.45) is 0 Å². The Balaban J connectivity index is 2.13. The molecule has 94 valence electrons. The van der Waals surface area contributed by atoms with Crippen LogP contribution in [0.3, 0.4) is 0 Å². The smallest absolute Gasteiger partial charge is 0.0589 e. The van der Waals surface area contributed by atoms with Crippen molar-refractivity contribution in [1.29, 1.82) is 0 Å². The van der Waals surface area contributed by atoms with E-state index in [0.717, 1.165) is 25.7 Å². The first-order valence-electron chi connectivity index (χ1n) is 5.98. The van der Waals surface area contributed by atoms with Crippen molar-refractivity contribution in [2.75, 3.05) is 46.5 Å². The van der Waals surface area contributed by atoms with Gasteiger partial charge in [-0.05, 0) is 18.4 Å². The minimum atomic E-state index is 0.188. The lowest BCUT2D eigenvalue weighted by atomic mass is 10.2. The summed E-state index contributed by atoms with van der Waals surface area (Å²) in [6.07, 6.45) is 2.61. The second kappa shape index (κ2) is 7.79. The minimum Gasteiger partial charge on any atom is -0.395 e. The lowest BCUT2D eigenvalue weighted by Gasteiger charge is -2.22. The largest absolute Gasteiger partial charge is 0.395 e. The van der Waals surface area contributed by atoms with Gasteiger partial charge in [-0.2, -0.15) is 0 Å². The van der Waals surface area contributed by atoms with E-state index in [-0.39, 0.29) is 6.61 Å². The molecule has 0 saturated heterocycles. The Morgan fingerprint density at radius 3 is 2.81 bits per heavy atom. The Labute approximate surface area is 98.3 Å². The summed E-state index contributed by atoms with van der Waals surface area (Å²) < 4.78 is 5.04. The summed E-state index contributed by atoms with van der Waals surface area (Å²) in [7, 11) is 1.70. The van der Waals surface area contributed by atoms with E-state index in [9.17, 15) is 0 Å². The number of nitrogens with zero attached hydrogens (tertiary/aromatic N) is 1. The summed E-state index contributed by atoms with van der Waals surface area (Å²) in [6, 6.07) is 0.724. The van der Waals surface area contributed by atoms with Gasteiger partial charge in [-0.3, -0.25) is 4.90 Å². The fraction of sp³-hybridized carbons (Fsp3) is 0.833. The number of methoxy groups -OCH3 is 1. The number of ether oxygens (including phenoxy) is 1.